The van der Waals surface area contributed by atoms with E-state index in [2.05, 4.69) is 21.2 Å². The van der Waals surface area contributed by atoms with Crippen LogP contribution in [-0.2, 0) is 4.79 Å². The second-order valence-corrected chi connectivity index (χ2v) is 8.68. The minimum atomic E-state index is 0.392. The van der Waals surface area contributed by atoms with Crippen molar-refractivity contribution in [3.8, 4) is 0 Å². The zero-order valence-corrected chi connectivity index (χ0v) is 13.1. The van der Waals surface area contributed by atoms with Crippen LogP contribution in [0, 0.1) is 35.5 Å². The van der Waals surface area contributed by atoms with Gasteiger partial charge in [0.25, 0.3) is 0 Å². The number of nitrogens with one attached hydrogen (secondary N) is 1. The molecule has 1 amide bonds. The number of alkyl halides is 1. The van der Waals surface area contributed by atoms with E-state index in [9.17, 15) is 4.79 Å². The Kier molecular flexibility index (Phi) is 3.17. The van der Waals surface area contributed by atoms with Gasteiger partial charge in [0, 0.05) is 17.3 Å². The van der Waals surface area contributed by atoms with Crippen LogP contribution in [0.5, 0.6) is 0 Å². The average molecular weight is 326 g/mol. The Morgan fingerprint density at radius 2 is 1.79 bits per heavy atom. The average Bonchev–Trinajstić information content (AvgIpc) is 2.85. The number of hydrogen-bond donors (Lipinski definition) is 1. The highest BCUT2D eigenvalue weighted by molar-refractivity contribution is 9.09. The fourth-order valence-electron chi connectivity index (χ4n) is 5.45. The minimum absolute atomic E-state index is 0.392. The van der Waals surface area contributed by atoms with Crippen LogP contribution in [0.25, 0.3) is 0 Å². The normalized spacial score (nSPS) is 50.9. The summed E-state index contributed by atoms with van der Waals surface area (Å²) in [5.74, 6) is 4.90. The molecule has 0 aliphatic heterocycles. The third-order valence-corrected chi connectivity index (χ3v) is 7.15. The molecule has 3 heteroatoms. The van der Waals surface area contributed by atoms with E-state index in [1.807, 2.05) is 0 Å². The van der Waals surface area contributed by atoms with E-state index in [1.165, 1.54) is 44.9 Å². The van der Waals surface area contributed by atoms with E-state index >= 15 is 0 Å². The van der Waals surface area contributed by atoms with Gasteiger partial charge < -0.3 is 5.32 Å². The molecule has 4 aliphatic rings. The van der Waals surface area contributed by atoms with Crippen LogP contribution in [0.3, 0.4) is 0 Å². The largest absolute Gasteiger partial charge is 0.356 e. The molecule has 0 aromatic carbocycles. The molecule has 4 rings (SSSR count). The second kappa shape index (κ2) is 4.75. The molecule has 106 valence electrons. The number of fused-ring (bicyclic) bond motifs is 5. The van der Waals surface area contributed by atoms with Crippen LogP contribution in [0.15, 0.2) is 0 Å². The zero-order valence-electron chi connectivity index (χ0n) is 11.5. The summed E-state index contributed by atoms with van der Waals surface area (Å²) in [4.78, 5) is 13.0. The molecule has 4 fully saturated rings. The Labute approximate surface area is 124 Å². The molecule has 0 spiro atoms. The van der Waals surface area contributed by atoms with E-state index in [4.69, 9.17) is 0 Å². The van der Waals surface area contributed by atoms with E-state index in [0.717, 1.165) is 30.2 Å². The van der Waals surface area contributed by atoms with E-state index < -0.39 is 0 Å². The number of halogens is 1. The van der Waals surface area contributed by atoms with Crippen LogP contribution >= 0.6 is 15.9 Å². The zero-order chi connectivity index (χ0) is 13.0. The van der Waals surface area contributed by atoms with Crippen molar-refractivity contribution >= 4 is 21.8 Å². The van der Waals surface area contributed by atoms with Crippen molar-refractivity contribution in [2.24, 2.45) is 35.5 Å². The Hall–Kier alpha value is -0.0500. The summed E-state index contributed by atoms with van der Waals surface area (Å²) < 4.78 is 0. The molecule has 6 atom stereocenters. The SMILES string of the molecule is O=C(NCC1CCCC(Br)C1)C1C2C3CCC(C3)C12. The fraction of sp³-hybridized carbons (Fsp3) is 0.938. The number of rotatable bonds is 3. The Bertz CT molecular complexity index is 369. The smallest absolute Gasteiger partial charge is 0.223 e. The molecule has 19 heavy (non-hydrogen) atoms. The highest BCUT2D eigenvalue weighted by atomic mass is 79.9. The van der Waals surface area contributed by atoms with Crippen molar-refractivity contribution in [2.75, 3.05) is 6.54 Å². The van der Waals surface area contributed by atoms with Crippen molar-refractivity contribution in [2.45, 2.75) is 49.8 Å². The summed E-state index contributed by atoms with van der Waals surface area (Å²) in [5.41, 5.74) is 0. The van der Waals surface area contributed by atoms with E-state index in [1.54, 1.807) is 0 Å². The van der Waals surface area contributed by atoms with Gasteiger partial charge in [-0.15, -0.1) is 0 Å². The molecule has 0 saturated heterocycles. The number of hydrogen-bond acceptors (Lipinski definition) is 1. The molecular weight excluding hydrogens is 302 g/mol. The molecule has 1 N–H and O–H groups in total. The molecular formula is C16H24BrNO. The monoisotopic (exact) mass is 325 g/mol. The maximum absolute atomic E-state index is 12.3. The van der Waals surface area contributed by atoms with E-state index in [0.29, 0.717) is 22.6 Å². The standard InChI is InChI=1S/C16H24BrNO/c17-12-3-1-2-9(6-12)8-18-16(19)15-13-10-4-5-11(7-10)14(13)15/h9-15H,1-8H2,(H,18,19). The third-order valence-electron chi connectivity index (χ3n) is 6.32. The van der Waals surface area contributed by atoms with Crippen LogP contribution in [-0.4, -0.2) is 17.3 Å². The highest BCUT2D eigenvalue weighted by Gasteiger charge is 2.67. The number of amides is 1. The lowest BCUT2D eigenvalue weighted by Crippen LogP contribution is -2.34. The molecule has 2 bridgehead atoms. The van der Waals surface area contributed by atoms with Crippen molar-refractivity contribution in [1.82, 2.24) is 5.32 Å². The fourth-order valence-corrected chi connectivity index (χ4v) is 6.30. The van der Waals surface area contributed by atoms with Gasteiger partial charge in [-0.05, 0) is 68.1 Å². The third kappa shape index (κ3) is 2.16. The predicted octanol–water partition coefficient (Wildman–Crippen LogP) is 3.35. The summed E-state index contributed by atoms with van der Waals surface area (Å²) in [6.45, 7) is 0.923. The topological polar surface area (TPSA) is 29.1 Å². The van der Waals surface area contributed by atoms with Gasteiger partial charge in [-0.2, -0.15) is 0 Å². The van der Waals surface area contributed by atoms with Crippen molar-refractivity contribution in [3.63, 3.8) is 0 Å². The predicted molar refractivity (Wildman–Crippen MR) is 79.0 cm³/mol. The van der Waals surface area contributed by atoms with Gasteiger partial charge in [0.1, 0.15) is 0 Å². The molecule has 4 saturated carbocycles. The van der Waals surface area contributed by atoms with Crippen LogP contribution in [0.4, 0.5) is 0 Å². The van der Waals surface area contributed by atoms with Gasteiger partial charge in [0.2, 0.25) is 5.91 Å². The quantitative estimate of drug-likeness (QED) is 0.792. The summed E-state index contributed by atoms with van der Waals surface area (Å²) in [5, 5.41) is 3.27. The Morgan fingerprint density at radius 3 is 2.47 bits per heavy atom. The van der Waals surface area contributed by atoms with Gasteiger partial charge in [-0.25, -0.2) is 0 Å². The first-order chi connectivity index (χ1) is 9.24. The maximum Gasteiger partial charge on any atom is 0.223 e. The first-order valence-corrected chi connectivity index (χ1v) is 9.07. The lowest BCUT2D eigenvalue weighted by atomic mass is 9.89. The molecule has 0 radical (unpaired) electrons. The summed E-state index contributed by atoms with van der Waals surface area (Å²) in [6.07, 6.45) is 9.41. The molecule has 0 heterocycles. The van der Waals surface area contributed by atoms with E-state index in [-0.39, 0.29) is 0 Å². The van der Waals surface area contributed by atoms with Crippen LogP contribution < -0.4 is 5.32 Å². The van der Waals surface area contributed by atoms with Gasteiger partial charge >= 0.3 is 0 Å². The van der Waals surface area contributed by atoms with Gasteiger partial charge in [-0.3, -0.25) is 4.79 Å². The first-order valence-electron chi connectivity index (χ1n) is 8.16. The second-order valence-electron chi connectivity index (χ2n) is 7.39. The lowest BCUT2D eigenvalue weighted by molar-refractivity contribution is -0.123. The summed E-state index contributed by atoms with van der Waals surface area (Å²) in [7, 11) is 0. The maximum atomic E-state index is 12.3. The highest BCUT2D eigenvalue weighted by Crippen LogP contribution is 2.69. The van der Waals surface area contributed by atoms with Crippen LogP contribution in [0.1, 0.15) is 44.9 Å². The number of carbonyl (C=O) groups is 1. The summed E-state index contributed by atoms with van der Waals surface area (Å²) in [6, 6.07) is 0. The first kappa shape index (κ1) is 12.7. The van der Waals surface area contributed by atoms with Gasteiger partial charge in [0.15, 0.2) is 0 Å². The molecule has 4 aliphatic carbocycles. The van der Waals surface area contributed by atoms with Crippen molar-refractivity contribution in [1.29, 1.82) is 0 Å². The van der Waals surface area contributed by atoms with Crippen LogP contribution in [0.2, 0.25) is 0 Å². The van der Waals surface area contributed by atoms with Gasteiger partial charge in [0.05, 0.1) is 0 Å². The summed E-state index contributed by atoms with van der Waals surface area (Å²) >= 11 is 3.73. The molecule has 0 aromatic heterocycles. The Balaban J connectivity index is 1.27. The number of carbonyl (C=O) groups excluding carboxylic acids is 1. The molecule has 2 nitrogen and oxygen atoms in total. The molecule has 6 unspecified atom stereocenters. The Morgan fingerprint density at radius 1 is 1.05 bits per heavy atom. The molecule has 0 aromatic rings. The van der Waals surface area contributed by atoms with Gasteiger partial charge in [-0.1, -0.05) is 22.4 Å². The van der Waals surface area contributed by atoms with Crippen molar-refractivity contribution in [3.05, 3.63) is 0 Å². The lowest BCUT2D eigenvalue weighted by Gasteiger charge is -2.25. The minimum Gasteiger partial charge on any atom is -0.356 e. The van der Waals surface area contributed by atoms with Crippen molar-refractivity contribution < 1.29 is 4.79 Å².